The number of nitrogens with two attached hydrogens (primary N) is 4. The highest BCUT2D eigenvalue weighted by Gasteiger charge is 2.11. The molecule has 0 aliphatic rings. The van der Waals surface area contributed by atoms with Crippen LogP contribution in [0.1, 0.15) is 37.7 Å². The summed E-state index contributed by atoms with van der Waals surface area (Å²) in [7, 11) is 0. The van der Waals surface area contributed by atoms with Crippen molar-refractivity contribution in [3.8, 4) is 0 Å². The molecule has 0 amide bonds. The molecule has 15 heteroatoms. The lowest BCUT2D eigenvalue weighted by atomic mass is 10.1. The third-order valence-electron chi connectivity index (χ3n) is 4.15. The largest absolute Gasteiger partial charge is 0.481 e. The fourth-order valence-corrected chi connectivity index (χ4v) is 2.49. The number of hydrogen-bond acceptors (Lipinski definition) is 10. The molecule has 14 nitrogen and oxygen atoms in total. The molecule has 0 saturated carbocycles. The first-order valence-corrected chi connectivity index (χ1v) is 12.7. The van der Waals surface area contributed by atoms with Crippen LogP contribution >= 0.6 is 11.8 Å². The molecule has 0 aromatic heterocycles. The lowest BCUT2D eigenvalue weighted by molar-refractivity contribution is -0.143. The number of carboxylic acid groups (broad SMARTS) is 5. The second-order valence-electron chi connectivity index (χ2n) is 7.52. The molecule has 0 fully saturated rings. The van der Waals surface area contributed by atoms with Crippen molar-refractivity contribution in [3.63, 3.8) is 0 Å². The maximum absolute atomic E-state index is 10.4. The number of hydrogen-bond donors (Lipinski definition) is 9. The normalized spacial score (nSPS) is 11.9. The van der Waals surface area contributed by atoms with Crippen LogP contribution in [-0.2, 0) is 30.4 Å². The maximum Gasteiger partial charge on any atom is 0.320 e. The topological polar surface area (TPSA) is 291 Å². The van der Waals surface area contributed by atoms with Crippen molar-refractivity contribution in [1.82, 2.24) is 0 Å². The monoisotopic (exact) mass is 564 g/mol. The van der Waals surface area contributed by atoms with Gasteiger partial charge >= 0.3 is 29.8 Å². The van der Waals surface area contributed by atoms with Gasteiger partial charge in [-0.05, 0) is 49.8 Å². The standard InChI is InChI=1S/C9H11NO2.C5H12N2O2.C5H11NO2S.C4H6O4/c10-8(9(11)12)6-7-4-2-1-3-5-7;6-3-1-2-4(7)5(8)9;1-9-3-2-4(6)5(7)8;5-3(6)1-2-4(7)8/h1-5,8H,6,10H2,(H,11,12);4H,1-3,6-7H2,(H,8,9);4H,2-3,6H2,1H3,(H,7,8);1-2H2,(H,5,6)(H,7,8)/t8-;2*4-;/m000./s1. The highest BCUT2D eigenvalue weighted by atomic mass is 32.2. The molecular formula is C23H40N4O10S. The van der Waals surface area contributed by atoms with Gasteiger partial charge in [0.1, 0.15) is 18.1 Å². The van der Waals surface area contributed by atoms with Gasteiger partial charge in [-0.3, -0.25) is 24.0 Å². The van der Waals surface area contributed by atoms with E-state index in [1.165, 1.54) is 0 Å². The summed E-state index contributed by atoms with van der Waals surface area (Å²) in [6.45, 7) is 0.501. The van der Waals surface area contributed by atoms with Gasteiger partial charge in [0.25, 0.3) is 0 Å². The lowest BCUT2D eigenvalue weighted by Crippen LogP contribution is -2.32. The van der Waals surface area contributed by atoms with E-state index in [1.807, 2.05) is 36.6 Å². The number of thioether (sulfide) groups is 1. The van der Waals surface area contributed by atoms with Crippen molar-refractivity contribution in [2.75, 3.05) is 18.6 Å². The fraction of sp³-hybridized carbons (Fsp3) is 0.522. The SMILES string of the molecule is CSCC[C@H](N)C(=O)O.NCCC[C@H](N)C(=O)O.N[C@@H](Cc1ccccc1)C(=O)O.O=C(O)CCC(=O)O. The molecule has 0 radical (unpaired) electrons. The smallest absolute Gasteiger partial charge is 0.320 e. The molecule has 0 bridgehead atoms. The zero-order valence-electron chi connectivity index (χ0n) is 21.3. The average molecular weight is 565 g/mol. The number of carbonyl (C=O) groups is 5. The highest BCUT2D eigenvalue weighted by molar-refractivity contribution is 7.98. The highest BCUT2D eigenvalue weighted by Crippen LogP contribution is 2.01. The number of aliphatic carboxylic acids is 5. The minimum atomic E-state index is -1.08. The fourth-order valence-electron chi connectivity index (χ4n) is 2.00. The van der Waals surface area contributed by atoms with E-state index < -0.39 is 48.0 Å². The van der Waals surface area contributed by atoms with Crippen molar-refractivity contribution in [1.29, 1.82) is 0 Å². The summed E-state index contributed by atoms with van der Waals surface area (Å²) < 4.78 is 0. The van der Waals surface area contributed by atoms with Crippen molar-refractivity contribution >= 4 is 41.6 Å². The average Bonchev–Trinajstić information content (AvgIpc) is 2.86. The molecule has 1 aromatic rings. The Bertz CT molecular complexity index is 777. The van der Waals surface area contributed by atoms with Crippen molar-refractivity contribution < 1.29 is 49.5 Å². The Hall–Kier alpha value is -3.24. The predicted octanol–water partition coefficient (Wildman–Crippen LogP) is -0.135. The molecule has 0 aliphatic heterocycles. The Labute approximate surface area is 225 Å². The molecule has 0 heterocycles. The van der Waals surface area contributed by atoms with Gasteiger partial charge in [0.05, 0.1) is 12.8 Å². The molecule has 38 heavy (non-hydrogen) atoms. The first-order valence-electron chi connectivity index (χ1n) is 11.3. The van der Waals surface area contributed by atoms with Gasteiger partial charge in [0, 0.05) is 0 Å². The molecular weight excluding hydrogens is 524 g/mol. The minimum Gasteiger partial charge on any atom is -0.481 e. The first kappa shape index (κ1) is 39.3. The Balaban J connectivity index is -0.000000436. The summed E-state index contributed by atoms with van der Waals surface area (Å²) in [6, 6.07) is 7.12. The summed E-state index contributed by atoms with van der Waals surface area (Å²) in [5, 5.41) is 40.8. The summed E-state index contributed by atoms with van der Waals surface area (Å²) in [5.74, 6) is -4.17. The van der Waals surface area contributed by atoms with Crippen LogP contribution in [0.4, 0.5) is 0 Å². The van der Waals surface area contributed by atoms with Crippen LogP contribution in [0.25, 0.3) is 0 Å². The Morgan fingerprint density at radius 1 is 0.737 bits per heavy atom. The van der Waals surface area contributed by atoms with Gasteiger partial charge in [-0.1, -0.05) is 30.3 Å². The van der Waals surface area contributed by atoms with E-state index in [1.54, 1.807) is 11.8 Å². The van der Waals surface area contributed by atoms with E-state index in [9.17, 15) is 24.0 Å². The Kier molecular flexibility index (Phi) is 26.3. The summed E-state index contributed by atoms with van der Waals surface area (Å²) >= 11 is 1.60. The van der Waals surface area contributed by atoms with Crippen LogP contribution in [0.2, 0.25) is 0 Å². The van der Waals surface area contributed by atoms with E-state index >= 15 is 0 Å². The second kappa shape index (κ2) is 25.4. The van der Waals surface area contributed by atoms with Crippen LogP contribution in [0.3, 0.4) is 0 Å². The summed E-state index contributed by atoms with van der Waals surface area (Å²) in [5.41, 5.74) is 21.8. The van der Waals surface area contributed by atoms with E-state index in [-0.39, 0.29) is 12.8 Å². The number of benzene rings is 1. The van der Waals surface area contributed by atoms with Crippen molar-refractivity contribution in [3.05, 3.63) is 35.9 Å². The zero-order valence-corrected chi connectivity index (χ0v) is 22.1. The predicted molar refractivity (Wildman–Crippen MR) is 143 cm³/mol. The summed E-state index contributed by atoms with van der Waals surface area (Å²) in [4.78, 5) is 49.8. The molecule has 0 spiro atoms. The molecule has 0 aliphatic carbocycles. The third kappa shape index (κ3) is 29.0. The number of rotatable bonds is 14. The van der Waals surface area contributed by atoms with Crippen LogP contribution in [0.15, 0.2) is 30.3 Å². The van der Waals surface area contributed by atoms with Crippen LogP contribution in [0.5, 0.6) is 0 Å². The summed E-state index contributed by atoms with van der Waals surface area (Å²) in [6.07, 6.45) is 3.41. The van der Waals surface area contributed by atoms with Gasteiger partial charge < -0.3 is 48.5 Å². The van der Waals surface area contributed by atoms with E-state index in [0.29, 0.717) is 32.2 Å². The molecule has 3 atom stereocenters. The molecule has 218 valence electrons. The zero-order chi connectivity index (χ0) is 30.1. The van der Waals surface area contributed by atoms with E-state index in [4.69, 9.17) is 48.5 Å². The molecule has 0 saturated heterocycles. The minimum absolute atomic E-state index is 0.296. The van der Waals surface area contributed by atoms with Gasteiger partial charge in [-0.2, -0.15) is 11.8 Å². The Morgan fingerprint density at radius 3 is 1.50 bits per heavy atom. The van der Waals surface area contributed by atoms with Crippen LogP contribution in [0, 0.1) is 0 Å². The molecule has 13 N–H and O–H groups in total. The van der Waals surface area contributed by atoms with Gasteiger partial charge in [0.15, 0.2) is 0 Å². The maximum atomic E-state index is 10.4. The van der Waals surface area contributed by atoms with Crippen molar-refractivity contribution in [2.24, 2.45) is 22.9 Å². The molecule has 0 unspecified atom stereocenters. The van der Waals surface area contributed by atoms with Crippen LogP contribution in [-0.4, -0.2) is 92.1 Å². The van der Waals surface area contributed by atoms with E-state index in [0.717, 1.165) is 11.3 Å². The first-order chi connectivity index (χ1) is 17.7. The van der Waals surface area contributed by atoms with Crippen LogP contribution < -0.4 is 22.9 Å². The molecule has 1 rings (SSSR count). The third-order valence-corrected chi connectivity index (χ3v) is 4.80. The van der Waals surface area contributed by atoms with Gasteiger partial charge in [-0.15, -0.1) is 0 Å². The van der Waals surface area contributed by atoms with Gasteiger partial charge in [0.2, 0.25) is 0 Å². The van der Waals surface area contributed by atoms with E-state index in [2.05, 4.69) is 0 Å². The van der Waals surface area contributed by atoms with Crippen molar-refractivity contribution in [2.45, 2.75) is 56.7 Å². The lowest BCUT2D eigenvalue weighted by Gasteiger charge is -2.04. The number of carboxylic acids is 5. The molecule has 1 aromatic carbocycles. The quantitative estimate of drug-likeness (QED) is 0.142. The second-order valence-corrected chi connectivity index (χ2v) is 8.51. The Morgan fingerprint density at radius 2 is 1.16 bits per heavy atom. The van der Waals surface area contributed by atoms with Gasteiger partial charge in [-0.25, -0.2) is 0 Å².